The number of hydrogen-bond acceptors (Lipinski definition) is 5. The minimum Gasteiger partial charge on any atom is -0.468 e. The Morgan fingerprint density at radius 2 is 1.76 bits per heavy atom. The zero-order valence-corrected chi connectivity index (χ0v) is 12.2. The topological polar surface area (TPSA) is 96.5 Å². The molecular formula is C14H19N3O4. The zero-order valence-electron chi connectivity index (χ0n) is 12.2. The number of carbonyl (C=O) groups excluding carboxylic acids is 3. The van der Waals surface area contributed by atoms with Gasteiger partial charge in [-0.3, -0.25) is 15.4 Å². The maximum atomic E-state index is 11.9. The Labute approximate surface area is 123 Å². The third-order valence-electron chi connectivity index (χ3n) is 2.84. The highest BCUT2D eigenvalue weighted by atomic mass is 16.5. The van der Waals surface area contributed by atoms with Crippen LogP contribution in [0.3, 0.4) is 0 Å². The fourth-order valence-corrected chi connectivity index (χ4v) is 1.67. The molecule has 21 heavy (non-hydrogen) atoms. The second-order valence-corrected chi connectivity index (χ2v) is 4.32. The number of carbonyl (C=O) groups is 3. The molecule has 3 amide bonds. The monoisotopic (exact) mass is 293 g/mol. The molecule has 0 heterocycles. The summed E-state index contributed by atoms with van der Waals surface area (Å²) >= 11 is 0. The largest absolute Gasteiger partial charge is 0.468 e. The van der Waals surface area contributed by atoms with Crippen molar-refractivity contribution in [1.29, 1.82) is 0 Å². The maximum Gasteiger partial charge on any atom is 0.327 e. The van der Waals surface area contributed by atoms with Crippen LogP contribution in [0.4, 0.5) is 4.79 Å². The summed E-state index contributed by atoms with van der Waals surface area (Å²) < 4.78 is 4.74. The fraction of sp³-hybridized carbons (Fsp3) is 0.357. The van der Waals surface area contributed by atoms with Gasteiger partial charge in [0.2, 0.25) is 5.91 Å². The van der Waals surface area contributed by atoms with E-state index in [9.17, 15) is 14.4 Å². The quantitative estimate of drug-likeness (QED) is 0.680. The summed E-state index contributed by atoms with van der Waals surface area (Å²) in [5, 5.41) is 7.27. The highest BCUT2D eigenvalue weighted by Gasteiger charge is 2.26. The summed E-state index contributed by atoms with van der Waals surface area (Å²) in [6, 6.07) is 6.72. The number of imide groups is 1. The lowest BCUT2D eigenvalue weighted by atomic mass is 10.1. The number of methoxy groups -OCH3 is 1. The van der Waals surface area contributed by atoms with E-state index in [-0.39, 0.29) is 0 Å². The first-order chi connectivity index (χ1) is 9.99. The molecular weight excluding hydrogens is 274 g/mol. The second-order valence-electron chi connectivity index (χ2n) is 4.32. The van der Waals surface area contributed by atoms with Gasteiger partial charge in [0.25, 0.3) is 0 Å². The van der Waals surface area contributed by atoms with Crippen LogP contribution in [-0.2, 0) is 14.3 Å². The van der Waals surface area contributed by atoms with Crippen molar-refractivity contribution in [1.82, 2.24) is 16.0 Å². The van der Waals surface area contributed by atoms with Crippen LogP contribution in [0.15, 0.2) is 30.3 Å². The molecule has 0 saturated heterocycles. The van der Waals surface area contributed by atoms with Gasteiger partial charge in [0.05, 0.1) is 13.2 Å². The molecule has 0 aliphatic rings. The predicted octanol–water partition coefficient (Wildman–Crippen LogP) is 0.334. The van der Waals surface area contributed by atoms with Gasteiger partial charge in [0.1, 0.15) is 6.04 Å². The lowest BCUT2D eigenvalue weighted by molar-refractivity contribution is -0.143. The zero-order chi connectivity index (χ0) is 15.8. The summed E-state index contributed by atoms with van der Waals surface area (Å²) in [7, 11) is 2.68. The fourth-order valence-electron chi connectivity index (χ4n) is 1.67. The first kappa shape index (κ1) is 16.6. The number of nitrogens with one attached hydrogen (secondary N) is 3. The molecule has 1 aromatic rings. The van der Waals surface area contributed by atoms with Gasteiger partial charge < -0.3 is 10.1 Å². The Hall–Kier alpha value is -2.41. The van der Waals surface area contributed by atoms with E-state index in [1.807, 2.05) is 6.07 Å². The van der Waals surface area contributed by atoms with E-state index in [2.05, 4.69) is 16.0 Å². The van der Waals surface area contributed by atoms with E-state index < -0.39 is 30.0 Å². The number of benzene rings is 1. The van der Waals surface area contributed by atoms with E-state index in [0.717, 1.165) is 0 Å². The Balaban J connectivity index is 2.80. The molecule has 0 saturated carbocycles. The minimum absolute atomic E-state index is 0.513. The van der Waals surface area contributed by atoms with E-state index in [0.29, 0.717) is 5.56 Å². The first-order valence-electron chi connectivity index (χ1n) is 6.41. The van der Waals surface area contributed by atoms with E-state index in [1.165, 1.54) is 14.2 Å². The predicted molar refractivity (Wildman–Crippen MR) is 76.4 cm³/mol. The average Bonchev–Trinajstić information content (AvgIpc) is 2.52. The highest BCUT2D eigenvalue weighted by molar-refractivity contribution is 5.97. The number of esters is 1. The van der Waals surface area contributed by atoms with Gasteiger partial charge in [-0.05, 0) is 12.5 Å². The highest BCUT2D eigenvalue weighted by Crippen LogP contribution is 2.14. The number of ether oxygens (including phenoxy) is 1. The molecule has 0 aliphatic carbocycles. The van der Waals surface area contributed by atoms with Crippen LogP contribution in [0.5, 0.6) is 0 Å². The number of rotatable bonds is 5. The van der Waals surface area contributed by atoms with Crippen LogP contribution < -0.4 is 16.0 Å². The van der Waals surface area contributed by atoms with Crippen LogP contribution >= 0.6 is 0 Å². The molecule has 0 aliphatic heterocycles. The number of urea groups is 1. The minimum atomic E-state index is -0.790. The summed E-state index contributed by atoms with van der Waals surface area (Å²) in [5.74, 6) is -1.06. The molecule has 1 aromatic carbocycles. The van der Waals surface area contributed by atoms with Gasteiger partial charge in [-0.1, -0.05) is 30.3 Å². The van der Waals surface area contributed by atoms with Crippen LogP contribution in [0.2, 0.25) is 0 Å². The van der Waals surface area contributed by atoms with Crippen molar-refractivity contribution in [2.45, 2.75) is 19.0 Å². The summed E-state index contributed by atoms with van der Waals surface area (Å²) in [4.78, 5) is 34.8. The van der Waals surface area contributed by atoms with Crippen molar-refractivity contribution in [2.75, 3.05) is 14.2 Å². The molecule has 0 bridgehead atoms. The number of hydrogen-bond donors (Lipinski definition) is 3. The van der Waals surface area contributed by atoms with Gasteiger partial charge in [0.15, 0.2) is 0 Å². The Bertz CT molecular complexity index is 504. The molecule has 2 unspecified atom stereocenters. The molecule has 7 heteroatoms. The molecule has 0 fully saturated rings. The van der Waals surface area contributed by atoms with E-state index >= 15 is 0 Å². The second kappa shape index (κ2) is 8.01. The van der Waals surface area contributed by atoms with Crippen molar-refractivity contribution >= 4 is 17.9 Å². The molecule has 114 valence electrons. The van der Waals surface area contributed by atoms with Crippen molar-refractivity contribution < 1.29 is 19.1 Å². The Kier molecular flexibility index (Phi) is 6.35. The first-order valence-corrected chi connectivity index (χ1v) is 6.41. The van der Waals surface area contributed by atoms with Crippen LogP contribution in [0, 0.1) is 0 Å². The maximum absolute atomic E-state index is 11.9. The van der Waals surface area contributed by atoms with E-state index in [4.69, 9.17) is 4.74 Å². The normalized spacial score (nSPS) is 12.9. The molecule has 3 N–H and O–H groups in total. The van der Waals surface area contributed by atoms with Crippen molar-refractivity contribution in [2.24, 2.45) is 0 Å². The molecule has 0 spiro atoms. The summed E-state index contributed by atoms with van der Waals surface area (Å²) in [5.41, 5.74) is 0.670. The van der Waals surface area contributed by atoms with Crippen molar-refractivity contribution in [3.8, 4) is 0 Å². The van der Waals surface area contributed by atoms with Gasteiger partial charge in [0, 0.05) is 7.05 Å². The molecule has 2 atom stereocenters. The van der Waals surface area contributed by atoms with Crippen molar-refractivity contribution in [3.05, 3.63) is 35.9 Å². The summed E-state index contributed by atoms with van der Waals surface area (Å²) in [6.45, 7) is 1.55. The summed E-state index contributed by atoms with van der Waals surface area (Å²) in [6.07, 6.45) is 0. The van der Waals surface area contributed by atoms with Crippen LogP contribution in [-0.4, -0.2) is 38.1 Å². The van der Waals surface area contributed by atoms with Gasteiger partial charge in [-0.25, -0.2) is 9.59 Å². The van der Waals surface area contributed by atoms with Crippen LogP contribution in [0.1, 0.15) is 18.5 Å². The lowest BCUT2D eigenvalue weighted by Gasteiger charge is -2.21. The molecule has 7 nitrogen and oxygen atoms in total. The molecule has 0 aromatic heterocycles. The smallest absolute Gasteiger partial charge is 0.327 e. The number of amides is 3. The Morgan fingerprint density at radius 3 is 2.29 bits per heavy atom. The molecule has 0 radical (unpaired) electrons. The third kappa shape index (κ3) is 4.88. The SMILES string of the molecule is CNC(=O)NC(=O)C(C)NC(C(=O)OC)c1ccccc1. The standard InChI is InChI=1S/C14H19N3O4/c1-9(12(18)17-14(20)15-2)16-11(13(19)21-3)10-7-5-4-6-8-10/h4-9,11,16H,1-3H3,(H2,15,17,18,20). The average molecular weight is 293 g/mol. The Morgan fingerprint density at radius 1 is 1.14 bits per heavy atom. The lowest BCUT2D eigenvalue weighted by Crippen LogP contribution is -2.49. The van der Waals surface area contributed by atoms with Crippen molar-refractivity contribution in [3.63, 3.8) is 0 Å². The van der Waals surface area contributed by atoms with Gasteiger partial charge in [-0.2, -0.15) is 0 Å². The van der Waals surface area contributed by atoms with Crippen LogP contribution in [0.25, 0.3) is 0 Å². The van der Waals surface area contributed by atoms with Gasteiger partial charge >= 0.3 is 12.0 Å². The van der Waals surface area contributed by atoms with Gasteiger partial charge in [-0.15, -0.1) is 0 Å². The molecule has 1 rings (SSSR count). The third-order valence-corrected chi connectivity index (χ3v) is 2.84. The van der Waals surface area contributed by atoms with E-state index in [1.54, 1.807) is 31.2 Å².